The lowest BCUT2D eigenvalue weighted by Gasteiger charge is -2.47. The van der Waals surface area contributed by atoms with Gasteiger partial charge in [0.2, 0.25) is 0 Å². The highest BCUT2D eigenvalue weighted by Crippen LogP contribution is 2.54. The molecule has 0 amide bonds. The van der Waals surface area contributed by atoms with Crippen LogP contribution in [0.3, 0.4) is 0 Å². The maximum absolute atomic E-state index is 7.98. The predicted octanol–water partition coefficient (Wildman–Crippen LogP) is 15.1. The third kappa shape index (κ3) is 7.23. The van der Waals surface area contributed by atoms with Crippen LogP contribution in [-0.2, 0) is 0 Å². The van der Waals surface area contributed by atoms with Gasteiger partial charge in [-0.3, -0.25) is 0 Å². The summed E-state index contributed by atoms with van der Waals surface area (Å²) < 4.78 is 21.8. The first-order valence-electron chi connectivity index (χ1n) is 27.3. The summed E-state index contributed by atoms with van der Waals surface area (Å²) in [6.45, 7) is -0.567. The van der Waals surface area contributed by atoms with Gasteiger partial charge in [0.15, 0.2) is 0 Å². The Morgan fingerprint density at radius 2 is 0.662 bits per heavy atom. The molecule has 0 saturated heterocycles. The van der Waals surface area contributed by atoms with Crippen molar-refractivity contribution in [3.8, 4) is 56.8 Å². The first kappa shape index (κ1) is 45.7. The maximum atomic E-state index is 7.98. The summed E-state index contributed by atoms with van der Waals surface area (Å²) >= 11 is 0. The number of fused-ring (bicyclic) bond motifs is 8. The Kier molecular flexibility index (Phi) is 10.7. The monoisotopic (exact) mass is 1020 g/mol. The van der Waals surface area contributed by atoms with Crippen molar-refractivity contribution in [1.82, 2.24) is 0 Å². The van der Waals surface area contributed by atoms with E-state index in [0.717, 1.165) is 113 Å². The van der Waals surface area contributed by atoms with Crippen molar-refractivity contribution < 1.29 is 14.2 Å². The molecule has 0 aliphatic carbocycles. The van der Waals surface area contributed by atoms with Gasteiger partial charge in [0, 0.05) is 75.3 Å². The highest BCUT2D eigenvalue weighted by Gasteiger charge is 2.51. The van der Waals surface area contributed by atoms with E-state index in [0.29, 0.717) is 5.75 Å². The molecule has 0 radical (unpaired) electrons. The van der Waals surface area contributed by atoms with Gasteiger partial charge in [-0.1, -0.05) is 188 Å². The molecule has 80 heavy (non-hydrogen) atoms. The second kappa shape index (κ2) is 18.6. The van der Waals surface area contributed by atoms with Crippen LogP contribution in [0.4, 0.5) is 51.2 Å². The zero-order valence-electron chi connectivity index (χ0n) is 43.4. The first-order chi connectivity index (χ1) is 39.7. The minimum Gasteiger partial charge on any atom is -0.457 e. The van der Waals surface area contributed by atoms with E-state index in [1.54, 1.807) is 0 Å². The molecular weight excluding hydrogens is 976 g/mol. The number of hydrogen-bond donors (Lipinski definition) is 0. The Morgan fingerprint density at radius 1 is 0.287 bits per heavy atom. The van der Waals surface area contributed by atoms with Crippen LogP contribution in [0.5, 0.6) is 34.5 Å². The molecule has 0 spiro atoms. The largest absolute Gasteiger partial charge is 0.457 e. The molecule has 4 heterocycles. The molecule has 6 nitrogen and oxygen atoms in total. The van der Waals surface area contributed by atoms with Gasteiger partial charge in [-0.15, -0.1) is 0 Å². The number of ether oxygens (including phenoxy) is 3. The average molecular weight is 1020 g/mol. The molecule has 8 heteroatoms. The van der Waals surface area contributed by atoms with E-state index in [1.807, 2.05) is 60.7 Å². The zero-order valence-corrected chi connectivity index (χ0v) is 43.4. The Bertz CT molecular complexity index is 4350. The smallest absolute Gasteiger partial charge is 0.257 e. The average Bonchev–Trinajstić information content (AvgIpc) is 3.27. The van der Waals surface area contributed by atoms with Gasteiger partial charge < -0.3 is 28.9 Å². The van der Waals surface area contributed by atoms with Gasteiger partial charge in [-0.05, 0) is 122 Å². The molecule has 0 saturated carbocycles. The van der Waals surface area contributed by atoms with Gasteiger partial charge in [0.25, 0.3) is 13.4 Å². The molecule has 16 rings (SSSR count). The number of rotatable bonds is 9. The molecule has 0 fully saturated rings. The summed E-state index contributed by atoms with van der Waals surface area (Å²) in [6, 6.07) is 101. The van der Waals surface area contributed by atoms with Crippen molar-refractivity contribution >= 4 is 97.4 Å². The van der Waals surface area contributed by atoms with Gasteiger partial charge >= 0.3 is 0 Å². The van der Waals surface area contributed by atoms with Crippen molar-refractivity contribution in [3.05, 3.63) is 285 Å². The zero-order chi connectivity index (χ0) is 52.7. The minimum absolute atomic E-state index is 0.276. The van der Waals surface area contributed by atoms with Crippen molar-refractivity contribution in [3.63, 3.8) is 0 Å². The summed E-state index contributed by atoms with van der Waals surface area (Å²) in [5.41, 5.74) is 20.6. The first-order valence-corrected chi connectivity index (χ1v) is 27.3. The van der Waals surface area contributed by atoms with Crippen LogP contribution in [0.1, 0.15) is 0 Å². The van der Waals surface area contributed by atoms with Crippen molar-refractivity contribution in [2.24, 2.45) is 0 Å². The Balaban J connectivity index is 1.09. The fourth-order valence-electron chi connectivity index (χ4n) is 13.0. The van der Waals surface area contributed by atoms with Crippen LogP contribution in [0.2, 0.25) is 0 Å². The van der Waals surface area contributed by atoms with E-state index in [4.69, 9.17) is 14.2 Å². The molecule has 4 aliphatic rings. The van der Waals surface area contributed by atoms with Crippen molar-refractivity contribution in [2.45, 2.75) is 0 Å². The Morgan fingerprint density at radius 3 is 1.16 bits per heavy atom. The normalized spacial score (nSPS) is 13.0. The van der Waals surface area contributed by atoms with E-state index in [2.05, 4.69) is 239 Å². The lowest BCUT2D eigenvalue weighted by molar-refractivity contribution is 0.464. The summed E-state index contributed by atoms with van der Waals surface area (Å²) in [5, 5.41) is 0. The van der Waals surface area contributed by atoms with Crippen molar-refractivity contribution in [2.75, 3.05) is 14.7 Å². The van der Waals surface area contributed by atoms with Crippen LogP contribution < -0.4 is 61.7 Å². The number of nitrogens with zero attached hydrogens (tertiary/aromatic N) is 3. The second-order valence-electron chi connectivity index (χ2n) is 20.6. The van der Waals surface area contributed by atoms with Crippen LogP contribution in [0, 0.1) is 0 Å². The standard InChI is InChI=1S/C72H47B2N3O3/c1-8-26-48(27-9-1)65-69-71(77(52-34-16-5-17-35-52)62-45-55(78-53-36-18-6-19-37-53)44-61-67(62)73(69)57-40-22-24-42-59(57)75(61)50-30-12-3-13-31-50)66(49-28-10-2-11-29-49)72-70(65)74-58-41-23-25-43-60(58)76(51-32-14-4-15-33-51)63-46-56(47-64(80-72)68(63)74)79-54-38-20-7-21-39-54/h1-47H. The quantitative estimate of drug-likeness (QED) is 0.134. The molecule has 0 aromatic heterocycles. The second-order valence-corrected chi connectivity index (χ2v) is 20.6. The molecule has 374 valence electrons. The molecule has 0 atom stereocenters. The topological polar surface area (TPSA) is 37.4 Å². The highest BCUT2D eigenvalue weighted by atomic mass is 16.5. The minimum atomic E-state index is -0.291. The SMILES string of the molecule is c1ccc(Oc2cc3c4c(c2)N(c2ccccc2)c2ccccc2B4c2c(c(-c4ccccc4)c4c(c2-c2ccccc2)B2c5ccccc5N(c5ccccc5)c5cc(Oc6ccccc6)cc(c52)N4c2ccccc2)O3)cc1. The Hall–Kier alpha value is -10.4. The molecule has 4 aliphatic heterocycles. The van der Waals surface area contributed by atoms with E-state index in [9.17, 15) is 0 Å². The fourth-order valence-corrected chi connectivity index (χ4v) is 13.0. The van der Waals surface area contributed by atoms with Crippen LogP contribution in [0.25, 0.3) is 22.3 Å². The number of hydrogen-bond acceptors (Lipinski definition) is 6. The van der Waals surface area contributed by atoms with E-state index >= 15 is 0 Å². The van der Waals surface area contributed by atoms with E-state index in [1.165, 1.54) is 21.9 Å². The summed E-state index contributed by atoms with van der Waals surface area (Å²) in [6.07, 6.45) is 0. The predicted molar refractivity (Wildman–Crippen MR) is 330 cm³/mol. The van der Waals surface area contributed by atoms with Crippen LogP contribution >= 0.6 is 0 Å². The lowest BCUT2D eigenvalue weighted by atomic mass is 9.29. The summed E-state index contributed by atoms with van der Waals surface area (Å²) in [7, 11) is 0. The third-order valence-corrected chi connectivity index (χ3v) is 16.1. The van der Waals surface area contributed by atoms with Crippen LogP contribution in [0.15, 0.2) is 285 Å². The number of benzene rings is 12. The van der Waals surface area contributed by atoms with Gasteiger partial charge in [0.05, 0.1) is 5.69 Å². The fraction of sp³-hybridized carbons (Fsp3) is 0. The lowest BCUT2D eigenvalue weighted by Crippen LogP contribution is -2.65. The Labute approximate surface area is 465 Å². The van der Waals surface area contributed by atoms with Gasteiger partial charge in [-0.2, -0.15) is 0 Å². The number of anilines is 9. The molecule has 12 aromatic carbocycles. The van der Waals surface area contributed by atoms with Crippen LogP contribution in [-0.4, -0.2) is 13.4 Å². The molecular formula is C72H47B2N3O3. The van der Waals surface area contributed by atoms with Gasteiger partial charge in [-0.25, -0.2) is 0 Å². The van der Waals surface area contributed by atoms with E-state index < -0.39 is 0 Å². The third-order valence-electron chi connectivity index (χ3n) is 16.1. The maximum Gasteiger partial charge on any atom is 0.257 e. The molecule has 0 N–H and O–H groups in total. The van der Waals surface area contributed by atoms with E-state index in [-0.39, 0.29) is 13.4 Å². The van der Waals surface area contributed by atoms with Crippen molar-refractivity contribution in [1.29, 1.82) is 0 Å². The summed E-state index contributed by atoms with van der Waals surface area (Å²) in [5.74, 6) is 4.44. The molecule has 0 unspecified atom stereocenters. The number of para-hydroxylation sites is 7. The highest BCUT2D eigenvalue weighted by molar-refractivity contribution is 7.04. The van der Waals surface area contributed by atoms with Gasteiger partial charge in [0.1, 0.15) is 34.5 Å². The summed E-state index contributed by atoms with van der Waals surface area (Å²) in [4.78, 5) is 7.32. The molecule has 12 aromatic rings. The molecule has 0 bridgehead atoms.